The van der Waals surface area contributed by atoms with E-state index in [2.05, 4.69) is 4.90 Å². The van der Waals surface area contributed by atoms with Crippen molar-refractivity contribution in [2.24, 2.45) is 5.73 Å². The van der Waals surface area contributed by atoms with Gasteiger partial charge in [0, 0.05) is 40.0 Å². The smallest absolute Gasteiger partial charge is 0.0599 e. The van der Waals surface area contributed by atoms with Gasteiger partial charge in [-0.05, 0) is 32.2 Å². The fourth-order valence-electron chi connectivity index (χ4n) is 2.38. The van der Waals surface area contributed by atoms with Crippen LogP contribution in [0.1, 0.15) is 25.7 Å². The van der Waals surface area contributed by atoms with Gasteiger partial charge < -0.3 is 15.2 Å². The maximum Gasteiger partial charge on any atom is 0.0599 e. The molecule has 0 bridgehead atoms. The number of likely N-dealkylation sites (tertiary alicyclic amines) is 1. The van der Waals surface area contributed by atoms with Crippen molar-refractivity contribution in [3.8, 4) is 0 Å². The van der Waals surface area contributed by atoms with E-state index >= 15 is 0 Å². The molecule has 0 aromatic carbocycles. The number of nitrogens with zero attached hydrogens (tertiary/aromatic N) is 1. The van der Waals surface area contributed by atoms with Crippen LogP contribution in [-0.2, 0) is 9.47 Å². The Hall–Kier alpha value is -0.160. The van der Waals surface area contributed by atoms with Crippen LogP contribution in [0.2, 0.25) is 0 Å². The number of unbranched alkanes of at least 4 members (excludes halogenated alkanes) is 1. The van der Waals surface area contributed by atoms with Gasteiger partial charge in [-0.25, -0.2) is 0 Å². The van der Waals surface area contributed by atoms with Gasteiger partial charge in [0.05, 0.1) is 6.10 Å². The van der Waals surface area contributed by atoms with E-state index in [4.69, 9.17) is 15.2 Å². The van der Waals surface area contributed by atoms with Gasteiger partial charge in [0.25, 0.3) is 0 Å². The normalized spacial score (nSPS) is 27.2. The second-order valence-corrected chi connectivity index (χ2v) is 4.51. The first-order valence-electron chi connectivity index (χ1n) is 6.27. The van der Waals surface area contributed by atoms with Gasteiger partial charge in [-0.1, -0.05) is 0 Å². The topological polar surface area (TPSA) is 47.7 Å². The van der Waals surface area contributed by atoms with Crippen LogP contribution in [0.15, 0.2) is 0 Å². The van der Waals surface area contributed by atoms with Crippen molar-refractivity contribution in [2.45, 2.75) is 37.8 Å². The Bertz CT molecular complexity index is 178. The van der Waals surface area contributed by atoms with Crippen LogP contribution in [-0.4, -0.2) is 57.5 Å². The highest BCUT2D eigenvalue weighted by atomic mass is 16.5. The molecule has 4 nitrogen and oxygen atoms in total. The van der Waals surface area contributed by atoms with E-state index in [1.165, 1.54) is 6.42 Å². The van der Waals surface area contributed by atoms with Crippen molar-refractivity contribution in [2.75, 3.05) is 40.5 Å². The summed E-state index contributed by atoms with van der Waals surface area (Å²) in [6.45, 7) is 3.86. The number of methoxy groups -OCH3 is 2. The summed E-state index contributed by atoms with van der Waals surface area (Å²) in [6, 6.07) is 0.501. The molecule has 0 spiro atoms. The summed E-state index contributed by atoms with van der Waals surface area (Å²) >= 11 is 0. The van der Waals surface area contributed by atoms with Crippen molar-refractivity contribution in [1.29, 1.82) is 0 Å². The minimum Gasteiger partial charge on any atom is -0.385 e. The fraction of sp³-hybridized carbons (Fsp3) is 1.00. The third kappa shape index (κ3) is 4.37. The quantitative estimate of drug-likeness (QED) is 0.659. The first-order valence-corrected chi connectivity index (χ1v) is 6.27. The summed E-state index contributed by atoms with van der Waals surface area (Å²) in [5, 5.41) is 0. The summed E-state index contributed by atoms with van der Waals surface area (Å²) in [5.74, 6) is 0. The second kappa shape index (κ2) is 8.01. The summed E-state index contributed by atoms with van der Waals surface area (Å²) in [4.78, 5) is 2.51. The minimum absolute atomic E-state index is 0.406. The van der Waals surface area contributed by atoms with Crippen LogP contribution in [0.25, 0.3) is 0 Å². The Kier molecular flexibility index (Phi) is 6.96. The number of hydrogen-bond acceptors (Lipinski definition) is 4. The molecule has 0 radical (unpaired) electrons. The molecule has 1 heterocycles. The van der Waals surface area contributed by atoms with E-state index in [-0.39, 0.29) is 0 Å². The minimum atomic E-state index is 0.406. The van der Waals surface area contributed by atoms with Gasteiger partial charge in [0.1, 0.15) is 0 Å². The molecule has 1 saturated heterocycles. The average Bonchev–Trinajstić information content (AvgIpc) is 2.34. The van der Waals surface area contributed by atoms with E-state index in [1.54, 1.807) is 14.2 Å². The third-order valence-corrected chi connectivity index (χ3v) is 3.44. The maximum atomic E-state index is 5.82. The standard InChI is InChI=1S/C12H26N2O2/c1-15-8-4-3-6-14-7-5-12(16-2)9-11(14)10-13/h11-12H,3-10,13H2,1-2H3. The molecule has 0 amide bonds. The molecule has 16 heavy (non-hydrogen) atoms. The zero-order valence-corrected chi connectivity index (χ0v) is 10.7. The highest BCUT2D eigenvalue weighted by molar-refractivity contribution is 4.82. The molecule has 1 aliphatic heterocycles. The van der Waals surface area contributed by atoms with Crippen molar-refractivity contribution < 1.29 is 9.47 Å². The van der Waals surface area contributed by atoms with Crippen molar-refractivity contribution in [3.63, 3.8) is 0 Å². The maximum absolute atomic E-state index is 5.82. The Morgan fingerprint density at radius 1 is 1.31 bits per heavy atom. The highest BCUT2D eigenvalue weighted by Gasteiger charge is 2.26. The number of nitrogens with two attached hydrogens (primary N) is 1. The van der Waals surface area contributed by atoms with Crippen LogP contribution >= 0.6 is 0 Å². The first kappa shape index (κ1) is 13.9. The molecule has 1 rings (SSSR count). The summed E-state index contributed by atoms with van der Waals surface area (Å²) in [7, 11) is 3.55. The lowest BCUT2D eigenvalue weighted by molar-refractivity contribution is 0.0123. The monoisotopic (exact) mass is 230 g/mol. The van der Waals surface area contributed by atoms with Crippen molar-refractivity contribution in [1.82, 2.24) is 4.90 Å². The lowest BCUT2D eigenvalue weighted by atomic mass is 9.99. The SMILES string of the molecule is COCCCCN1CCC(OC)CC1CN. The molecule has 2 N–H and O–H groups in total. The third-order valence-electron chi connectivity index (χ3n) is 3.44. The van der Waals surface area contributed by atoms with E-state index < -0.39 is 0 Å². The number of ether oxygens (including phenoxy) is 2. The van der Waals surface area contributed by atoms with E-state index in [1.807, 2.05) is 0 Å². The predicted molar refractivity (Wildman–Crippen MR) is 65.6 cm³/mol. The summed E-state index contributed by atoms with van der Waals surface area (Å²) in [6.07, 6.45) is 4.96. The molecule has 4 heteroatoms. The van der Waals surface area contributed by atoms with Crippen LogP contribution in [0.4, 0.5) is 0 Å². The van der Waals surface area contributed by atoms with Crippen LogP contribution in [0.3, 0.4) is 0 Å². The summed E-state index contributed by atoms with van der Waals surface area (Å²) in [5.41, 5.74) is 5.82. The van der Waals surface area contributed by atoms with Gasteiger partial charge in [0.15, 0.2) is 0 Å². The van der Waals surface area contributed by atoms with Gasteiger partial charge in [-0.15, -0.1) is 0 Å². The number of piperidine rings is 1. The van der Waals surface area contributed by atoms with Gasteiger partial charge >= 0.3 is 0 Å². The molecule has 2 unspecified atom stereocenters. The lowest BCUT2D eigenvalue weighted by Gasteiger charge is -2.38. The number of hydrogen-bond donors (Lipinski definition) is 1. The van der Waals surface area contributed by atoms with E-state index in [9.17, 15) is 0 Å². The Labute approximate surface area is 99.1 Å². The van der Waals surface area contributed by atoms with Gasteiger partial charge in [0.2, 0.25) is 0 Å². The van der Waals surface area contributed by atoms with E-state index in [0.717, 1.165) is 45.5 Å². The zero-order valence-electron chi connectivity index (χ0n) is 10.7. The lowest BCUT2D eigenvalue weighted by Crippen LogP contribution is -2.48. The zero-order chi connectivity index (χ0) is 11.8. The molecule has 0 aromatic rings. The molecule has 96 valence electrons. The average molecular weight is 230 g/mol. The molecule has 1 fully saturated rings. The Morgan fingerprint density at radius 2 is 2.12 bits per heavy atom. The van der Waals surface area contributed by atoms with Crippen LogP contribution in [0, 0.1) is 0 Å². The van der Waals surface area contributed by atoms with Gasteiger partial charge in [-0.3, -0.25) is 4.90 Å². The molecule has 2 atom stereocenters. The van der Waals surface area contributed by atoms with Gasteiger partial charge in [-0.2, -0.15) is 0 Å². The van der Waals surface area contributed by atoms with Crippen LogP contribution < -0.4 is 5.73 Å². The highest BCUT2D eigenvalue weighted by Crippen LogP contribution is 2.19. The molecule has 1 aliphatic rings. The largest absolute Gasteiger partial charge is 0.385 e. The Balaban J connectivity index is 2.24. The molecular formula is C12H26N2O2. The molecule has 0 aliphatic carbocycles. The second-order valence-electron chi connectivity index (χ2n) is 4.51. The summed E-state index contributed by atoms with van der Waals surface area (Å²) < 4.78 is 10.5. The van der Waals surface area contributed by atoms with E-state index in [0.29, 0.717) is 12.1 Å². The number of rotatable bonds is 7. The van der Waals surface area contributed by atoms with Crippen LogP contribution in [0.5, 0.6) is 0 Å². The molecular weight excluding hydrogens is 204 g/mol. The predicted octanol–water partition coefficient (Wildman–Crippen LogP) is 0.851. The van der Waals surface area contributed by atoms with Crippen molar-refractivity contribution >= 4 is 0 Å². The molecule has 0 saturated carbocycles. The Morgan fingerprint density at radius 3 is 2.75 bits per heavy atom. The van der Waals surface area contributed by atoms with Crippen molar-refractivity contribution in [3.05, 3.63) is 0 Å². The first-order chi connectivity index (χ1) is 7.81. The molecule has 0 aromatic heterocycles. The fourth-order valence-corrected chi connectivity index (χ4v) is 2.38.